The molecule has 1 nitrogen and oxygen atoms in total. The summed E-state index contributed by atoms with van der Waals surface area (Å²) in [5.74, 6) is 3.04. The lowest BCUT2D eigenvalue weighted by Crippen LogP contribution is -2.13. The second-order valence-electron chi connectivity index (χ2n) is 12.2. The Hall–Kier alpha value is -3.11. The maximum absolute atomic E-state index is 9.03. The molecule has 0 radical (unpaired) electrons. The molecule has 202 valence electrons. The van der Waals surface area contributed by atoms with Crippen molar-refractivity contribution in [3.8, 4) is 17.2 Å². The molecule has 0 atom stereocenters. The first kappa shape index (κ1) is 27.5. The van der Waals surface area contributed by atoms with E-state index in [1.54, 1.807) is 5.56 Å². The normalized spacial score (nSPS) is 23.5. The molecule has 2 saturated carbocycles. The molecular weight excluding hydrogens is 470 g/mol. The van der Waals surface area contributed by atoms with E-state index >= 15 is 0 Å². The molecule has 0 heterocycles. The summed E-state index contributed by atoms with van der Waals surface area (Å²) in [7, 11) is 0. The van der Waals surface area contributed by atoms with E-state index in [-0.39, 0.29) is 0 Å². The van der Waals surface area contributed by atoms with Gasteiger partial charge in [0, 0.05) is 0 Å². The zero-order valence-electron chi connectivity index (χ0n) is 23.8. The van der Waals surface area contributed by atoms with E-state index in [0.29, 0.717) is 11.8 Å². The first-order valence-corrected chi connectivity index (χ1v) is 15.6. The highest BCUT2D eigenvalue weighted by Gasteiger charge is 2.22. The maximum atomic E-state index is 9.03. The predicted octanol–water partition coefficient (Wildman–Crippen LogP) is 11.1. The molecule has 0 aliphatic heterocycles. The van der Waals surface area contributed by atoms with Crippen LogP contribution in [0.5, 0.6) is 0 Å². The van der Waals surface area contributed by atoms with Crippen molar-refractivity contribution in [3.05, 3.63) is 101 Å². The van der Waals surface area contributed by atoms with E-state index in [4.69, 9.17) is 5.26 Å². The third-order valence-electron chi connectivity index (χ3n) is 9.53. The molecule has 5 rings (SSSR count). The van der Waals surface area contributed by atoms with Crippen molar-refractivity contribution in [2.45, 2.75) is 95.8 Å². The molecule has 3 aromatic carbocycles. The van der Waals surface area contributed by atoms with Gasteiger partial charge in [-0.2, -0.15) is 5.26 Å². The Kier molecular flexibility index (Phi) is 9.71. The van der Waals surface area contributed by atoms with Crippen molar-refractivity contribution >= 4 is 6.08 Å². The highest BCUT2D eigenvalue weighted by atomic mass is 14.3. The summed E-state index contributed by atoms with van der Waals surface area (Å²) in [6.07, 6.45) is 20.9. The van der Waals surface area contributed by atoms with Gasteiger partial charge in [0.1, 0.15) is 0 Å². The number of hydrogen-bond donors (Lipinski definition) is 0. The van der Waals surface area contributed by atoms with Gasteiger partial charge < -0.3 is 0 Å². The SMILES string of the molecule is CCCCC[C@H]1CC[C@H](c2ccc(-c3ccc(C=C[C@H]4CC[C@H](c5ccc(C#N)cc5)CC4)cc3)cc2)CC1. The third kappa shape index (κ3) is 7.51. The molecule has 2 aliphatic carbocycles. The van der Waals surface area contributed by atoms with Crippen molar-refractivity contribution < 1.29 is 0 Å². The van der Waals surface area contributed by atoms with E-state index in [9.17, 15) is 0 Å². The van der Waals surface area contributed by atoms with Crippen LogP contribution in [0.1, 0.15) is 118 Å². The summed E-state index contributed by atoms with van der Waals surface area (Å²) in [5.41, 5.74) is 7.61. The smallest absolute Gasteiger partial charge is 0.0991 e. The molecule has 3 aromatic rings. The molecule has 0 aromatic heterocycles. The van der Waals surface area contributed by atoms with Crippen LogP contribution in [-0.2, 0) is 0 Å². The number of allylic oxidation sites excluding steroid dienone is 1. The Bertz CT molecular complexity index is 1210. The Balaban J connectivity index is 1.09. The van der Waals surface area contributed by atoms with Crippen LogP contribution in [0.25, 0.3) is 17.2 Å². The maximum Gasteiger partial charge on any atom is 0.0991 e. The molecule has 0 bridgehead atoms. The molecular formula is C38H45N. The summed E-state index contributed by atoms with van der Waals surface area (Å²) in [4.78, 5) is 0. The van der Waals surface area contributed by atoms with Crippen molar-refractivity contribution in [1.82, 2.24) is 0 Å². The molecule has 0 amide bonds. The van der Waals surface area contributed by atoms with Crippen LogP contribution in [0.2, 0.25) is 0 Å². The second-order valence-corrected chi connectivity index (χ2v) is 12.2. The number of benzene rings is 3. The number of nitriles is 1. The minimum Gasteiger partial charge on any atom is -0.192 e. The van der Waals surface area contributed by atoms with Crippen molar-refractivity contribution in [2.24, 2.45) is 11.8 Å². The van der Waals surface area contributed by atoms with Gasteiger partial charge in [0.2, 0.25) is 0 Å². The van der Waals surface area contributed by atoms with E-state index < -0.39 is 0 Å². The summed E-state index contributed by atoms with van der Waals surface area (Å²) >= 11 is 0. The van der Waals surface area contributed by atoms with Gasteiger partial charge in [0.15, 0.2) is 0 Å². The number of hydrogen-bond acceptors (Lipinski definition) is 1. The summed E-state index contributed by atoms with van der Waals surface area (Å²) in [5, 5.41) is 9.03. The van der Waals surface area contributed by atoms with Crippen molar-refractivity contribution in [2.75, 3.05) is 0 Å². The average Bonchev–Trinajstić information content (AvgIpc) is 3.01. The Labute approximate surface area is 237 Å². The lowest BCUT2D eigenvalue weighted by molar-refractivity contribution is 0.303. The second kappa shape index (κ2) is 13.8. The van der Waals surface area contributed by atoms with Gasteiger partial charge in [-0.15, -0.1) is 0 Å². The molecule has 2 aliphatic rings. The zero-order chi connectivity index (χ0) is 26.9. The largest absolute Gasteiger partial charge is 0.192 e. The minimum absolute atomic E-state index is 0.638. The Morgan fingerprint density at radius 1 is 0.667 bits per heavy atom. The molecule has 0 saturated heterocycles. The fourth-order valence-corrected chi connectivity index (χ4v) is 6.92. The standard InChI is InChI=1S/C38H45N/c1-2-3-4-5-29-8-16-34(17-9-29)37-24-26-38(27-25-37)35-20-12-31(13-21-35)7-6-30-10-18-33(19-11-30)36-22-14-32(28-39)15-23-36/h6-7,12-15,20-27,29-30,33-34H,2-5,8-11,16-19H2,1H3/t29-,30-,33-,34-. The molecule has 2 fully saturated rings. The van der Waals surface area contributed by atoms with Gasteiger partial charge in [-0.05, 0) is 115 Å². The van der Waals surface area contributed by atoms with Gasteiger partial charge in [-0.25, -0.2) is 0 Å². The van der Waals surface area contributed by atoms with E-state index in [1.165, 1.54) is 99.3 Å². The summed E-state index contributed by atoms with van der Waals surface area (Å²) in [6, 6.07) is 29.0. The van der Waals surface area contributed by atoms with Crippen LogP contribution >= 0.6 is 0 Å². The van der Waals surface area contributed by atoms with Crippen LogP contribution in [0.4, 0.5) is 0 Å². The van der Waals surface area contributed by atoms with Gasteiger partial charge in [0.05, 0.1) is 11.6 Å². The lowest BCUT2D eigenvalue weighted by atomic mass is 9.77. The molecule has 0 spiro atoms. The summed E-state index contributed by atoms with van der Waals surface area (Å²) in [6.45, 7) is 2.31. The van der Waals surface area contributed by atoms with Crippen LogP contribution in [0.3, 0.4) is 0 Å². The fourth-order valence-electron chi connectivity index (χ4n) is 6.92. The molecule has 1 heteroatoms. The quantitative estimate of drug-likeness (QED) is 0.260. The Morgan fingerprint density at radius 2 is 1.21 bits per heavy atom. The van der Waals surface area contributed by atoms with E-state index in [1.807, 2.05) is 12.1 Å². The number of rotatable bonds is 9. The zero-order valence-corrected chi connectivity index (χ0v) is 23.8. The summed E-state index contributed by atoms with van der Waals surface area (Å²) < 4.78 is 0. The first-order chi connectivity index (χ1) is 19.2. The third-order valence-corrected chi connectivity index (χ3v) is 9.53. The van der Waals surface area contributed by atoms with Crippen molar-refractivity contribution in [3.63, 3.8) is 0 Å². The lowest BCUT2D eigenvalue weighted by Gasteiger charge is -2.29. The van der Waals surface area contributed by atoms with Crippen LogP contribution in [0, 0.1) is 23.2 Å². The topological polar surface area (TPSA) is 23.8 Å². The fraction of sp³-hybridized carbons (Fsp3) is 0.447. The highest BCUT2D eigenvalue weighted by Crippen LogP contribution is 2.39. The van der Waals surface area contributed by atoms with Gasteiger partial charge in [-0.1, -0.05) is 105 Å². The molecule has 39 heavy (non-hydrogen) atoms. The minimum atomic E-state index is 0.638. The first-order valence-electron chi connectivity index (χ1n) is 15.6. The molecule has 0 unspecified atom stereocenters. The monoisotopic (exact) mass is 515 g/mol. The van der Waals surface area contributed by atoms with Crippen LogP contribution in [-0.4, -0.2) is 0 Å². The Morgan fingerprint density at radius 3 is 1.77 bits per heavy atom. The predicted molar refractivity (Wildman–Crippen MR) is 166 cm³/mol. The van der Waals surface area contributed by atoms with Gasteiger partial charge in [-0.3, -0.25) is 0 Å². The van der Waals surface area contributed by atoms with Crippen LogP contribution < -0.4 is 0 Å². The van der Waals surface area contributed by atoms with E-state index in [2.05, 4.69) is 85.8 Å². The van der Waals surface area contributed by atoms with Gasteiger partial charge in [0.25, 0.3) is 0 Å². The van der Waals surface area contributed by atoms with Gasteiger partial charge >= 0.3 is 0 Å². The van der Waals surface area contributed by atoms with Crippen molar-refractivity contribution in [1.29, 1.82) is 5.26 Å². The van der Waals surface area contributed by atoms with Crippen LogP contribution in [0.15, 0.2) is 78.9 Å². The highest BCUT2D eigenvalue weighted by molar-refractivity contribution is 5.66. The molecule has 0 N–H and O–H groups in total. The van der Waals surface area contributed by atoms with E-state index in [0.717, 1.165) is 17.4 Å². The number of nitrogens with zero attached hydrogens (tertiary/aromatic N) is 1. The number of unbranched alkanes of at least 4 members (excludes halogenated alkanes) is 2. The average molecular weight is 516 g/mol.